The van der Waals surface area contributed by atoms with Gasteiger partial charge in [0.2, 0.25) is 12.0 Å². The van der Waals surface area contributed by atoms with Crippen LogP contribution in [-0.2, 0) is 40.4 Å². The minimum atomic E-state index is -1.18. The zero-order valence-electron chi connectivity index (χ0n) is 34.6. The highest BCUT2D eigenvalue weighted by Crippen LogP contribution is 2.43. The first-order valence-corrected chi connectivity index (χ1v) is 21.4. The molecule has 1 unspecified atom stereocenters. The maximum absolute atomic E-state index is 14.5. The Morgan fingerprint density at radius 2 is 1.56 bits per heavy atom. The van der Waals surface area contributed by atoms with Crippen molar-refractivity contribution >= 4 is 46.7 Å². The molecule has 12 heteroatoms. The largest absolute Gasteiger partial charge is 0.489 e. The van der Waals surface area contributed by atoms with Gasteiger partial charge in [-0.05, 0) is 100 Å². The number of fused-ring (bicyclic) bond motifs is 2. The smallest absolute Gasteiger partial charge is 0.326 e. The van der Waals surface area contributed by atoms with E-state index in [0.29, 0.717) is 57.7 Å². The fraction of sp³-hybridized carbons (Fsp3) is 0.216. The van der Waals surface area contributed by atoms with E-state index in [2.05, 4.69) is 23.2 Å². The molecule has 2 heterocycles. The van der Waals surface area contributed by atoms with Crippen molar-refractivity contribution in [3.8, 4) is 28.7 Å². The Morgan fingerprint density at radius 3 is 2.21 bits per heavy atom. The number of halogens is 2. The summed E-state index contributed by atoms with van der Waals surface area (Å²) in [5.74, 6) is -0.610. The maximum Gasteiger partial charge on any atom is 0.326 e. The fourth-order valence-electron chi connectivity index (χ4n) is 8.38. The zero-order chi connectivity index (χ0) is 44.2. The number of carboxylic acids is 1. The summed E-state index contributed by atoms with van der Waals surface area (Å²) in [6.07, 6.45) is 0.181. The lowest BCUT2D eigenvalue weighted by Gasteiger charge is -2.42. The van der Waals surface area contributed by atoms with Crippen LogP contribution in [0.3, 0.4) is 0 Å². The van der Waals surface area contributed by atoms with Crippen LogP contribution in [0.25, 0.3) is 11.1 Å². The van der Waals surface area contributed by atoms with E-state index in [4.69, 9.17) is 37.9 Å². The number of carboxylic acid groups (broad SMARTS) is 1. The quantitative estimate of drug-likeness (QED) is 0.117. The highest BCUT2D eigenvalue weighted by Gasteiger charge is 2.40. The van der Waals surface area contributed by atoms with Gasteiger partial charge in [-0.1, -0.05) is 115 Å². The van der Waals surface area contributed by atoms with Gasteiger partial charge < -0.3 is 24.8 Å². The van der Waals surface area contributed by atoms with E-state index in [9.17, 15) is 19.5 Å². The second-order valence-corrected chi connectivity index (χ2v) is 16.6. The highest BCUT2D eigenvalue weighted by atomic mass is 35.5. The van der Waals surface area contributed by atoms with Crippen LogP contribution in [-0.4, -0.2) is 46.9 Å². The number of nitriles is 1. The Balaban J connectivity index is 1.02. The summed E-state index contributed by atoms with van der Waals surface area (Å²) in [5.41, 5.74) is 8.18. The summed E-state index contributed by atoms with van der Waals surface area (Å²) in [6.45, 7) is 2.75. The number of anilines is 1. The van der Waals surface area contributed by atoms with Crippen molar-refractivity contribution < 1.29 is 29.0 Å². The lowest BCUT2D eigenvalue weighted by Crippen LogP contribution is -2.55. The number of rotatable bonds is 13. The second kappa shape index (κ2) is 18.8. The van der Waals surface area contributed by atoms with E-state index in [-0.39, 0.29) is 30.9 Å². The third-order valence-electron chi connectivity index (χ3n) is 11.8. The number of ether oxygens (including phenoxy) is 2. The standard InChI is InChI=1S/C51H44Cl2N4O6/c1-3-44(36-7-5-4-6-8-36)57-29-39-27-47-45(56(2)50(59)48(63-47)37-18-20-40(21-19-37)62-30-33-13-22-41(52)42(53)23-33)25-38(39)26-46(57)49(58)55-43(51(60)61)24-31-9-14-34(15-10-31)35-16-11-32(28-54)12-17-35/h4-23,25,27,43-44,46,48H,3,24,26,29-30H2,1-2H3,(H,55,58)(H,60,61)/t43-,44+,46?,48+/m0/s1. The molecule has 2 aliphatic rings. The van der Waals surface area contributed by atoms with Crippen LogP contribution >= 0.6 is 23.2 Å². The first-order valence-electron chi connectivity index (χ1n) is 20.7. The molecule has 0 aromatic heterocycles. The highest BCUT2D eigenvalue weighted by molar-refractivity contribution is 6.42. The second-order valence-electron chi connectivity index (χ2n) is 15.8. The number of hydrogen-bond acceptors (Lipinski definition) is 7. The number of carbonyl (C=O) groups excluding carboxylic acids is 2. The van der Waals surface area contributed by atoms with Crippen LogP contribution in [0.5, 0.6) is 11.5 Å². The molecule has 8 rings (SSSR count). The van der Waals surface area contributed by atoms with Crippen molar-refractivity contribution in [2.45, 2.75) is 63.6 Å². The Hall–Kier alpha value is -6.64. The van der Waals surface area contributed by atoms with E-state index in [1.165, 1.54) is 0 Å². The van der Waals surface area contributed by atoms with Gasteiger partial charge in [0.1, 0.15) is 24.1 Å². The number of nitrogens with zero attached hydrogens (tertiary/aromatic N) is 3. The first kappa shape index (κ1) is 43.0. The van der Waals surface area contributed by atoms with E-state index in [1.54, 1.807) is 48.3 Å². The minimum absolute atomic E-state index is 0.0846. The average Bonchev–Trinajstić information content (AvgIpc) is 3.30. The third kappa shape index (κ3) is 9.42. The molecule has 63 heavy (non-hydrogen) atoms. The van der Waals surface area contributed by atoms with E-state index < -0.39 is 24.2 Å². The van der Waals surface area contributed by atoms with Crippen LogP contribution in [0.15, 0.2) is 133 Å². The van der Waals surface area contributed by atoms with Gasteiger partial charge >= 0.3 is 5.97 Å². The predicted octanol–water partition coefficient (Wildman–Crippen LogP) is 9.90. The average molecular weight is 880 g/mol. The Bertz CT molecular complexity index is 2690. The van der Waals surface area contributed by atoms with Gasteiger partial charge in [0.15, 0.2) is 0 Å². The molecule has 318 valence electrons. The summed E-state index contributed by atoms with van der Waals surface area (Å²) in [5, 5.41) is 23.4. The fourth-order valence-corrected chi connectivity index (χ4v) is 8.70. The van der Waals surface area contributed by atoms with Crippen LogP contribution in [0, 0.1) is 11.3 Å². The number of hydrogen-bond donors (Lipinski definition) is 2. The summed E-state index contributed by atoms with van der Waals surface area (Å²) in [7, 11) is 1.72. The van der Waals surface area contributed by atoms with Crippen LogP contribution in [0.2, 0.25) is 10.0 Å². The van der Waals surface area contributed by atoms with Gasteiger partial charge in [0, 0.05) is 31.6 Å². The van der Waals surface area contributed by atoms with Crippen LogP contribution < -0.4 is 19.7 Å². The Kier molecular flexibility index (Phi) is 12.8. The van der Waals surface area contributed by atoms with Crippen molar-refractivity contribution in [1.82, 2.24) is 10.2 Å². The number of amides is 2. The third-order valence-corrected chi connectivity index (χ3v) is 12.5. The number of carbonyl (C=O) groups is 3. The van der Waals surface area contributed by atoms with Gasteiger partial charge in [-0.3, -0.25) is 14.5 Å². The molecule has 2 N–H and O–H groups in total. The van der Waals surface area contributed by atoms with Crippen LogP contribution in [0.1, 0.15) is 64.4 Å². The van der Waals surface area contributed by atoms with Gasteiger partial charge in [-0.25, -0.2) is 4.79 Å². The number of aliphatic carboxylic acids is 1. The molecule has 2 amide bonds. The van der Waals surface area contributed by atoms with Crippen LogP contribution in [0.4, 0.5) is 5.69 Å². The summed E-state index contributed by atoms with van der Waals surface area (Å²) < 4.78 is 12.5. The van der Waals surface area contributed by atoms with Crippen molar-refractivity contribution in [3.05, 3.63) is 182 Å². The molecule has 0 aliphatic carbocycles. The van der Waals surface area contributed by atoms with Crippen molar-refractivity contribution in [2.24, 2.45) is 0 Å². The normalized spacial score (nSPS) is 16.7. The first-order chi connectivity index (χ1) is 30.5. The molecular formula is C51H44Cl2N4O6. The van der Waals surface area contributed by atoms with E-state index in [1.807, 2.05) is 97.1 Å². The zero-order valence-corrected chi connectivity index (χ0v) is 36.1. The molecular weight excluding hydrogens is 835 g/mol. The van der Waals surface area contributed by atoms with Gasteiger partial charge in [-0.15, -0.1) is 0 Å². The molecule has 0 saturated heterocycles. The molecule has 0 fully saturated rings. The number of nitrogens with one attached hydrogen (secondary N) is 1. The van der Waals surface area contributed by atoms with E-state index >= 15 is 0 Å². The molecule has 0 spiro atoms. The lowest BCUT2D eigenvalue weighted by molar-refractivity contribution is -0.143. The molecule has 4 atom stereocenters. The van der Waals surface area contributed by atoms with Gasteiger partial charge in [-0.2, -0.15) is 5.26 Å². The van der Waals surface area contributed by atoms with Gasteiger partial charge in [0.25, 0.3) is 5.91 Å². The summed E-state index contributed by atoms with van der Waals surface area (Å²) >= 11 is 12.2. The molecule has 6 aromatic rings. The molecule has 0 bridgehead atoms. The van der Waals surface area contributed by atoms with Gasteiger partial charge in [0.05, 0.1) is 33.4 Å². The molecule has 6 aromatic carbocycles. The topological polar surface area (TPSA) is 132 Å². The summed E-state index contributed by atoms with van der Waals surface area (Å²) in [4.78, 5) is 44.8. The SMILES string of the molecule is CC[C@H](c1ccccc1)N1Cc2cc3c(cc2CC1C(=O)N[C@@H](Cc1ccc(-c2ccc(C#N)cc2)cc1)C(=O)O)N(C)C(=O)[C@@H](c1ccc(OCc2ccc(Cl)c(Cl)c2)cc1)O3. The Labute approximate surface area is 376 Å². The van der Waals surface area contributed by atoms with Crippen molar-refractivity contribution in [1.29, 1.82) is 5.26 Å². The molecule has 2 aliphatic heterocycles. The number of benzene rings is 6. The van der Waals surface area contributed by atoms with Crippen molar-refractivity contribution in [3.63, 3.8) is 0 Å². The lowest BCUT2D eigenvalue weighted by atomic mass is 9.88. The number of likely N-dealkylation sites (N-methyl/N-ethyl adjacent to an activating group) is 1. The molecule has 0 radical (unpaired) electrons. The molecule has 0 saturated carbocycles. The maximum atomic E-state index is 14.5. The van der Waals surface area contributed by atoms with Crippen molar-refractivity contribution in [2.75, 3.05) is 11.9 Å². The Morgan fingerprint density at radius 1 is 0.873 bits per heavy atom. The monoisotopic (exact) mass is 878 g/mol. The summed E-state index contributed by atoms with van der Waals surface area (Å²) in [6, 6.07) is 41.3. The molecule has 10 nitrogen and oxygen atoms in total. The minimum Gasteiger partial charge on any atom is -0.489 e. The predicted molar refractivity (Wildman–Crippen MR) is 243 cm³/mol. The van der Waals surface area contributed by atoms with E-state index in [0.717, 1.165) is 38.9 Å².